The lowest BCUT2D eigenvalue weighted by Crippen LogP contribution is -2.29. The number of amides is 2. The number of benzene rings is 1. The number of fused-ring (bicyclic) bond motifs is 2. The molecule has 8 heteroatoms. The minimum absolute atomic E-state index is 0.0989. The van der Waals surface area contributed by atoms with Crippen LogP contribution in [0.25, 0.3) is 26.3 Å². The van der Waals surface area contributed by atoms with Gasteiger partial charge in [-0.25, -0.2) is 9.50 Å². The number of nitrogens with one attached hydrogen (secondary N) is 1. The van der Waals surface area contributed by atoms with Crippen LogP contribution in [-0.2, 0) is 15.0 Å². The summed E-state index contributed by atoms with van der Waals surface area (Å²) in [5, 5.41) is 8.47. The fourth-order valence-electron chi connectivity index (χ4n) is 3.45. The Morgan fingerprint density at radius 3 is 2.75 bits per heavy atom. The average Bonchev–Trinajstić information content (AvgIpc) is 3.18. The van der Waals surface area contributed by atoms with Crippen LogP contribution in [0.15, 0.2) is 42.5 Å². The van der Waals surface area contributed by atoms with E-state index in [-0.39, 0.29) is 11.8 Å². The lowest BCUT2D eigenvalue weighted by Gasteiger charge is -2.04. The molecule has 1 aliphatic rings. The van der Waals surface area contributed by atoms with Gasteiger partial charge >= 0.3 is 0 Å². The van der Waals surface area contributed by atoms with Crippen molar-refractivity contribution >= 4 is 44.6 Å². The number of aromatic nitrogens is 3. The summed E-state index contributed by atoms with van der Waals surface area (Å²) in [5.41, 5.74) is 7.23. The van der Waals surface area contributed by atoms with E-state index in [1.807, 2.05) is 36.4 Å². The smallest absolute Gasteiger partial charge is 0.231 e. The summed E-state index contributed by atoms with van der Waals surface area (Å²) >= 11 is 1.64. The van der Waals surface area contributed by atoms with Crippen molar-refractivity contribution in [2.45, 2.75) is 25.2 Å². The van der Waals surface area contributed by atoms with Gasteiger partial charge in [0.2, 0.25) is 11.8 Å². The first kappa shape index (κ1) is 16.9. The van der Waals surface area contributed by atoms with E-state index >= 15 is 0 Å². The molecule has 3 N–H and O–H groups in total. The number of rotatable bonds is 4. The van der Waals surface area contributed by atoms with Crippen molar-refractivity contribution in [3.8, 4) is 10.6 Å². The zero-order valence-electron chi connectivity index (χ0n) is 15.1. The summed E-state index contributed by atoms with van der Waals surface area (Å²) < 4.78 is 2.88. The monoisotopic (exact) mass is 391 g/mol. The van der Waals surface area contributed by atoms with E-state index in [9.17, 15) is 9.59 Å². The Labute approximate surface area is 164 Å². The predicted molar refractivity (Wildman–Crippen MR) is 108 cm³/mol. The number of pyridine rings is 1. The highest BCUT2D eigenvalue weighted by Crippen LogP contribution is 2.46. The highest BCUT2D eigenvalue weighted by molar-refractivity contribution is 7.22. The van der Waals surface area contributed by atoms with Gasteiger partial charge in [0.05, 0.1) is 10.6 Å². The predicted octanol–water partition coefficient (Wildman–Crippen LogP) is 3.09. The first-order chi connectivity index (χ1) is 13.5. The molecule has 0 unspecified atom stereocenters. The molecule has 0 bridgehead atoms. The lowest BCUT2D eigenvalue weighted by molar-refractivity contribution is -0.120. The number of thiophene rings is 1. The largest absolute Gasteiger partial charge is 0.369 e. The Morgan fingerprint density at radius 1 is 1.21 bits per heavy atom. The minimum Gasteiger partial charge on any atom is -0.369 e. The van der Waals surface area contributed by atoms with E-state index in [1.54, 1.807) is 15.9 Å². The molecule has 3 aromatic heterocycles. The van der Waals surface area contributed by atoms with Gasteiger partial charge in [0.15, 0.2) is 11.5 Å². The van der Waals surface area contributed by atoms with E-state index in [0.717, 1.165) is 26.3 Å². The molecule has 0 spiro atoms. The van der Waals surface area contributed by atoms with Crippen LogP contribution in [0.3, 0.4) is 0 Å². The van der Waals surface area contributed by atoms with Crippen LogP contribution in [0.4, 0.5) is 5.69 Å². The molecule has 0 aliphatic heterocycles. The van der Waals surface area contributed by atoms with Gasteiger partial charge in [-0.15, -0.1) is 16.4 Å². The number of nitrogens with two attached hydrogens (primary N) is 1. The molecule has 1 saturated carbocycles. The Balaban J connectivity index is 1.62. The summed E-state index contributed by atoms with van der Waals surface area (Å²) in [4.78, 5) is 28.7. The van der Waals surface area contributed by atoms with Crippen molar-refractivity contribution in [3.63, 3.8) is 0 Å². The normalized spacial score (nSPS) is 15.0. The fourth-order valence-corrected chi connectivity index (χ4v) is 4.50. The van der Waals surface area contributed by atoms with Gasteiger partial charge in [0.1, 0.15) is 5.41 Å². The average molecular weight is 391 g/mol. The van der Waals surface area contributed by atoms with Crippen molar-refractivity contribution in [1.29, 1.82) is 0 Å². The summed E-state index contributed by atoms with van der Waals surface area (Å²) in [6.45, 7) is 1.49. The second-order valence-electron chi connectivity index (χ2n) is 7.11. The number of carbonyl (C=O) groups is 2. The van der Waals surface area contributed by atoms with Gasteiger partial charge in [0.25, 0.3) is 0 Å². The van der Waals surface area contributed by atoms with E-state index < -0.39 is 5.41 Å². The molecule has 3 heterocycles. The van der Waals surface area contributed by atoms with Crippen molar-refractivity contribution in [3.05, 3.63) is 48.3 Å². The highest BCUT2D eigenvalue weighted by Gasteiger charge is 2.53. The first-order valence-electron chi connectivity index (χ1n) is 8.94. The Hall–Kier alpha value is -3.26. The highest BCUT2D eigenvalue weighted by atomic mass is 32.1. The third kappa shape index (κ3) is 2.56. The van der Waals surface area contributed by atoms with Crippen molar-refractivity contribution in [1.82, 2.24) is 14.6 Å². The molecule has 0 radical (unpaired) electrons. The fraction of sp³-hybridized carbons (Fsp3) is 0.200. The van der Waals surface area contributed by atoms with Gasteiger partial charge in [0, 0.05) is 17.3 Å². The third-order valence-electron chi connectivity index (χ3n) is 5.10. The third-order valence-corrected chi connectivity index (χ3v) is 6.24. The zero-order chi connectivity index (χ0) is 19.5. The molecule has 7 nitrogen and oxygen atoms in total. The summed E-state index contributed by atoms with van der Waals surface area (Å²) in [6.07, 6.45) is 1.40. The maximum Gasteiger partial charge on any atom is 0.231 e. The number of nitrogens with zero attached hydrogens (tertiary/aromatic N) is 3. The van der Waals surface area contributed by atoms with Crippen LogP contribution in [0, 0.1) is 0 Å². The molecule has 1 aromatic carbocycles. The Bertz CT molecular complexity index is 1270. The minimum atomic E-state index is -0.712. The molecule has 2 amide bonds. The number of primary amides is 1. The van der Waals surface area contributed by atoms with Gasteiger partial charge in [-0.2, -0.15) is 0 Å². The van der Waals surface area contributed by atoms with Gasteiger partial charge < -0.3 is 11.1 Å². The Kier molecular flexibility index (Phi) is 3.54. The van der Waals surface area contributed by atoms with Gasteiger partial charge in [-0.3, -0.25) is 9.59 Å². The molecule has 0 atom stereocenters. The van der Waals surface area contributed by atoms with Crippen molar-refractivity contribution in [2.24, 2.45) is 5.73 Å². The summed E-state index contributed by atoms with van der Waals surface area (Å²) in [7, 11) is 0. The molecular weight excluding hydrogens is 374 g/mol. The molecule has 1 aliphatic carbocycles. The molecule has 4 aromatic rings. The maximum absolute atomic E-state index is 11.8. The Morgan fingerprint density at radius 2 is 2.04 bits per heavy atom. The number of carbonyl (C=O) groups excluding carboxylic acids is 2. The standard InChI is InChI=1S/C20H17N5O2S/c1-11(26)22-13-5-6-15-12(9-13)10-16(28-15)14-3-2-4-17-23-19(24-25(14)17)20(7-8-20)18(21)27/h2-6,9-10H,7-8H2,1H3,(H2,21,27)(H,22,26). The zero-order valence-corrected chi connectivity index (χ0v) is 15.9. The van der Waals surface area contributed by atoms with E-state index in [1.165, 1.54) is 6.92 Å². The van der Waals surface area contributed by atoms with Gasteiger partial charge in [-0.05, 0) is 54.6 Å². The molecule has 5 rings (SSSR count). The second kappa shape index (κ2) is 5.87. The van der Waals surface area contributed by atoms with Crippen LogP contribution in [0.1, 0.15) is 25.6 Å². The van der Waals surface area contributed by atoms with Crippen molar-refractivity contribution in [2.75, 3.05) is 5.32 Å². The van der Waals surface area contributed by atoms with Crippen LogP contribution in [0.5, 0.6) is 0 Å². The van der Waals surface area contributed by atoms with Crippen molar-refractivity contribution < 1.29 is 9.59 Å². The number of hydrogen-bond donors (Lipinski definition) is 2. The lowest BCUT2D eigenvalue weighted by atomic mass is 10.1. The molecule has 28 heavy (non-hydrogen) atoms. The molecular formula is C20H17N5O2S. The van der Waals surface area contributed by atoms with Crippen LogP contribution in [-0.4, -0.2) is 26.4 Å². The van der Waals surface area contributed by atoms with Crippen LogP contribution < -0.4 is 11.1 Å². The number of anilines is 1. The quantitative estimate of drug-likeness (QED) is 0.558. The topological polar surface area (TPSA) is 102 Å². The van der Waals surface area contributed by atoms with Crippen LogP contribution >= 0.6 is 11.3 Å². The van der Waals surface area contributed by atoms with E-state index in [2.05, 4.69) is 21.5 Å². The summed E-state index contributed by atoms with van der Waals surface area (Å²) in [6, 6.07) is 13.7. The molecule has 1 fully saturated rings. The SMILES string of the molecule is CC(=O)Nc1ccc2sc(-c3cccc4nc(C5(C(N)=O)CC5)nn34)cc2c1. The molecule has 140 valence electrons. The second-order valence-corrected chi connectivity index (χ2v) is 8.19. The van der Waals surface area contributed by atoms with E-state index in [0.29, 0.717) is 24.3 Å². The molecule has 0 saturated heterocycles. The van der Waals surface area contributed by atoms with E-state index in [4.69, 9.17) is 5.73 Å². The number of hydrogen-bond acceptors (Lipinski definition) is 5. The van der Waals surface area contributed by atoms with Gasteiger partial charge in [-0.1, -0.05) is 6.07 Å². The maximum atomic E-state index is 11.8. The first-order valence-corrected chi connectivity index (χ1v) is 9.76. The van der Waals surface area contributed by atoms with Crippen LogP contribution in [0.2, 0.25) is 0 Å². The summed E-state index contributed by atoms with van der Waals surface area (Å²) in [5.74, 6) is 0.0389.